The lowest BCUT2D eigenvalue weighted by Gasteiger charge is -2.21. The highest BCUT2D eigenvalue weighted by atomic mass is 19.4. The van der Waals surface area contributed by atoms with Crippen LogP contribution < -0.4 is 10.2 Å². The average molecular weight is 302 g/mol. The quantitative estimate of drug-likeness (QED) is 0.897. The van der Waals surface area contributed by atoms with Crippen LogP contribution in [0.25, 0.3) is 0 Å². The number of hydrogen-bond donors (Lipinski definition) is 2. The maximum Gasteiger partial charge on any atom is 0.416 e. The highest BCUT2D eigenvalue weighted by molar-refractivity contribution is 5.73. The lowest BCUT2D eigenvalue weighted by Crippen LogP contribution is -2.35. The second-order valence-corrected chi connectivity index (χ2v) is 5.13. The number of carbonyl (C=O) groups excluding carboxylic acids is 1. The Morgan fingerprint density at radius 2 is 2.19 bits per heavy atom. The molecule has 7 heteroatoms. The van der Waals surface area contributed by atoms with Crippen molar-refractivity contribution in [3.05, 3.63) is 29.3 Å². The van der Waals surface area contributed by atoms with Crippen molar-refractivity contribution in [3.8, 4) is 0 Å². The summed E-state index contributed by atoms with van der Waals surface area (Å²) in [4.78, 5) is 12.8. The van der Waals surface area contributed by atoms with E-state index in [9.17, 15) is 18.0 Å². The molecule has 0 bridgehead atoms. The second kappa shape index (κ2) is 5.93. The van der Waals surface area contributed by atoms with Gasteiger partial charge in [0.2, 0.25) is 5.91 Å². The van der Waals surface area contributed by atoms with E-state index >= 15 is 0 Å². The van der Waals surface area contributed by atoms with Crippen molar-refractivity contribution in [2.75, 3.05) is 18.0 Å². The molecule has 2 N–H and O–H groups in total. The highest BCUT2D eigenvalue weighted by Crippen LogP contribution is 2.35. The molecule has 1 aromatic rings. The Kier molecular flexibility index (Phi) is 4.41. The van der Waals surface area contributed by atoms with Crippen LogP contribution in [0.15, 0.2) is 18.2 Å². The Labute approximate surface area is 120 Å². The standard InChI is InChI=1S/C14H17F3N2O2/c1-9(21)18-11-4-5-19(7-11)12-3-2-10(8-20)13(6-12)14(15,16)17/h2-3,6,11,20H,4-5,7-8H2,1H3,(H,18,21). The molecule has 1 aliphatic heterocycles. The number of aliphatic hydroxyl groups is 1. The number of amides is 1. The van der Waals surface area contributed by atoms with Crippen molar-refractivity contribution >= 4 is 11.6 Å². The zero-order valence-corrected chi connectivity index (χ0v) is 11.6. The molecule has 1 atom stereocenters. The first kappa shape index (κ1) is 15.6. The van der Waals surface area contributed by atoms with Crippen LogP contribution in [0.4, 0.5) is 18.9 Å². The lowest BCUT2D eigenvalue weighted by molar-refractivity contribution is -0.138. The number of benzene rings is 1. The normalized spacial score (nSPS) is 18.9. The summed E-state index contributed by atoms with van der Waals surface area (Å²) in [5.74, 6) is -0.145. The fraction of sp³-hybridized carbons (Fsp3) is 0.500. The van der Waals surface area contributed by atoms with E-state index in [-0.39, 0.29) is 17.5 Å². The Bertz CT molecular complexity index is 531. The van der Waals surface area contributed by atoms with Gasteiger partial charge in [-0.3, -0.25) is 4.79 Å². The number of halogens is 3. The third-order valence-electron chi connectivity index (χ3n) is 3.53. The zero-order valence-electron chi connectivity index (χ0n) is 11.6. The summed E-state index contributed by atoms with van der Waals surface area (Å²) >= 11 is 0. The Hall–Kier alpha value is -1.76. The number of alkyl halides is 3. The van der Waals surface area contributed by atoms with Gasteiger partial charge in [-0.1, -0.05) is 6.07 Å². The van der Waals surface area contributed by atoms with E-state index < -0.39 is 18.3 Å². The van der Waals surface area contributed by atoms with Crippen LogP contribution in [0.5, 0.6) is 0 Å². The molecule has 0 saturated carbocycles. The van der Waals surface area contributed by atoms with Crippen LogP contribution in [0.3, 0.4) is 0 Å². The molecule has 1 amide bonds. The maximum absolute atomic E-state index is 13.0. The first-order valence-corrected chi connectivity index (χ1v) is 6.64. The molecule has 4 nitrogen and oxygen atoms in total. The van der Waals surface area contributed by atoms with Crippen LogP contribution in [0.2, 0.25) is 0 Å². The number of anilines is 1. The van der Waals surface area contributed by atoms with Gasteiger partial charge in [-0.15, -0.1) is 0 Å². The molecule has 0 radical (unpaired) electrons. The molecule has 0 aromatic heterocycles. The van der Waals surface area contributed by atoms with Crippen molar-refractivity contribution in [2.24, 2.45) is 0 Å². The van der Waals surface area contributed by atoms with E-state index in [1.807, 2.05) is 0 Å². The third kappa shape index (κ3) is 3.66. The Morgan fingerprint density at radius 3 is 2.76 bits per heavy atom. The summed E-state index contributed by atoms with van der Waals surface area (Å²) in [5, 5.41) is 11.8. The van der Waals surface area contributed by atoms with E-state index in [1.165, 1.54) is 13.0 Å². The minimum Gasteiger partial charge on any atom is -0.392 e. The zero-order chi connectivity index (χ0) is 15.6. The van der Waals surface area contributed by atoms with Crippen LogP contribution in [-0.2, 0) is 17.6 Å². The minimum absolute atomic E-state index is 0.0469. The number of nitrogens with one attached hydrogen (secondary N) is 1. The van der Waals surface area contributed by atoms with Gasteiger partial charge < -0.3 is 15.3 Å². The third-order valence-corrected chi connectivity index (χ3v) is 3.53. The first-order valence-electron chi connectivity index (χ1n) is 6.64. The predicted octanol–water partition coefficient (Wildman–Crippen LogP) is 1.91. The van der Waals surface area contributed by atoms with Crippen LogP contribution in [0.1, 0.15) is 24.5 Å². The molecule has 116 valence electrons. The van der Waals surface area contributed by atoms with E-state index in [0.29, 0.717) is 25.2 Å². The van der Waals surface area contributed by atoms with Crippen molar-refractivity contribution < 1.29 is 23.1 Å². The molecule has 21 heavy (non-hydrogen) atoms. The smallest absolute Gasteiger partial charge is 0.392 e. The summed E-state index contributed by atoms with van der Waals surface area (Å²) in [7, 11) is 0. The van der Waals surface area contributed by atoms with Gasteiger partial charge in [-0.2, -0.15) is 13.2 Å². The van der Waals surface area contributed by atoms with Gasteiger partial charge in [-0.05, 0) is 24.1 Å². The fourth-order valence-electron chi connectivity index (χ4n) is 2.56. The molecule has 1 unspecified atom stereocenters. The van der Waals surface area contributed by atoms with Crippen LogP contribution in [-0.4, -0.2) is 30.1 Å². The van der Waals surface area contributed by atoms with Gasteiger partial charge in [0.05, 0.1) is 12.2 Å². The summed E-state index contributed by atoms with van der Waals surface area (Å²) in [6.45, 7) is 1.83. The van der Waals surface area contributed by atoms with Gasteiger partial charge in [0.15, 0.2) is 0 Å². The molecule has 1 fully saturated rings. The van der Waals surface area contributed by atoms with E-state index in [2.05, 4.69) is 5.32 Å². The van der Waals surface area contributed by atoms with E-state index in [4.69, 9.17) is 5.11 Å². The summed E-state index contributed by atoms with van der Waals surface area (Å²) in [5.41, 5.74) is -0.498. The molecular formula is C14H17F3N2O2. The van der Waals surface area contributed by atoms with Crippen LogP contribution >= 0.6 is 0 Å². The van der Waals surface area contributed by atoms with E-state index in [0.717, 1.165) is 6.07 Å². The number of nitrogens with zero attached hydrogens (tertiary/aromatic N) is 1. The Morgan fingerprint density at radius 1 is 1.48 bits per heavy atom. The molecule has 1 heterocycles. The van der Waals surface area contributed by atoms with Gasteiger partial charge in [0.25, 0.3) is 0 Å². The largest absolute Gasteiger partial charge is 0.416 e. The van der Waals surface area contributed by atoms with Gasteiger partial charge in [-0.25, -0.2) is 0 Å². The molecule has 0 aliphatic carbocycles. The average Bonchev–Trinajstić information content (AvgIpc) is 2.84. The highest BCUT2D eigenvalue weighted by Gasteiger charge is 2.34. The molecule has 0 spiro atoms. The fourth-order valence-corrected chi connectivity index (χ4v) is 2.56. The topological polar surface area (TPSA) is 52.6 Å². The van der Waals surface area contributed by atoms with Gasteiger partial charge in [0, 0.05) is 31.7 Å². The number of carbonyl (C=O) groups is 1. The second-order valence-electron chi connectivity index (χ2n) is 5.13. The predicted molar refractivity (Wildman–Crippen MR) is 71.8 cm³/mol. The Balaban J connectivity index is 2.20. The van der Waals surface area contributed by atoms with E-state index in [1.54, 1.807) is 11.0 Å². The monoisotopic (exact) mass is 302 g/mol. The van der Waals surface area contributed by atoms with Crippen molar-refractivity contribution in [3.63, 3.8) is 0 Å². The lowest BCUT2D eigenvalue weighted by atomic mass is 10.1. The minimum atomic E-state index is -4.50. The number of rotatable bonds is 3. The number of aliphatic hydroxyl groups excluding tert-OH is 1. The van der Waals surface area contributed by atoms with Crippen molar-refractivity contribution in [2.45, 2.75) is 32.2 Å². The van der Waals surface area contributed by atoms with Crippen molar-refractivity contribution in [1.29, 1.82) is 0 Å². The molecule has 1 saturated heterocycles. The van der Waals surface area contributed by atoms with Gasteiger partial charge >= 0.3 is 6.18 Å². The molecule has 1 aromatic carbocycles. The van der Waals surface area contributed by atoms with Crippen molar-refractivity contribution in [1.82, 2.24) is 5.32 Å². The maximum atomic E-state index is 13.0. The summed E-state index contributed by atoms with van der Waals surface area (Å²) < 4.78 is 38.9. The number of hydrogen-bond acceptors (Lipinski definition) is 3. The van der Waals surface area contributed by atoms with Crippen LogP contribution in [0, 0.1) is 0 Å². The van der Waals surface area contributed by atoms with Gasteiger partial charge in [0.1, 0.15) is 0 Å². The summed E-state index contributed by atoms with van der Waals surface area (Å²) in [6.07, 6.45) is -3.80. The molecule has 2 rings (SSSR count). The summed E-state index contributed by atoms with van der Waals surface area (Å²) in [6, 6.07) is 3.87. The molecular weight excluding hydrogens is 285 g/mol. The SMILES string of the molecule is CC(=O)NC1CCN(c2ccc(CO)c(C(F)(F)F)c2)C1. The molecule has 1 aliphatic rings. The first-order chi connectivity index (χ1) is 9.81.